The van der Waals surface area contributed by atoms with E-state index in [1.807, 2.05) is 7.05 Å². The first-order chi connectivity index (χ1) is 9.08. The Hall–Kier alpha value is -0.610. The van der Waals surface area contributed by atoms with Crippen LogP contribution in [0.2, 0.25) is 0 Å². The summed E-state index contributed by atoms with van der Waals surface area (Å²) in [4.78, 5) is 13.3. The summed E-state index contributed by atoms with van der Waals surface area (Å²) in [5, 5.41) is 12.3. The fourth-order valence-electron chi connectivity index (χ4n) is 5.16. The van der Waals surface area contributed by atoms with Crippen molar-refractivity contribution in [2.75, 3.05) is 26.7 Å². The van der Waals surface area contributed by atoms with Crippen molar-refractivity contribution < 1.29 is 14.8 Å². The molecule has 4 aliphatic carbocycles. The molecule has 0 spiro atoms. The van der Waals surface area contributed by atoms with Crippen LogP contribution >= 0.6 is 0 Å². The molecule has 0 aromatic rings. The van der Waals surface area contributed by atoms with Crippen LogP contribution in [0.5, 0.6) is 0 Å². The number of amides is 1. The monoisotopic (exact) mass is 267 g/mol. The Morgan fingerprint density at radius 1 is 1.21 bits per heavy atom. The summed E-state index contributed by atoms with van der Waals surface area (Å²) in [7, 11) is 1.97. The molecule has 3 N–H and O–H groups in total. The Balaban J connectivity index is 1.58. The van der Waals surface area contributed by atoms with Gasteiger partial charge in [-0.15, -0.1) is 0 Å². The Labute approximate surface area is 115 Å². The van der Waals surface area contributed by atoms with Crippen molar-refractivity contribution in [1.82, 2.24) is 5.32 Å². The van der Waals surface area contributed by atoms with E-state index in [-0.39, 0.29) is 18.1 Å². The highest BCUT2D eigenvalue weighted by atomic mass is 16.3. The van der Waals surface area contributed by atoms with Gasteiger partial charge in [0, 0.05) is 5.54 Å². The first-order valence-electron chi connectivity index (χ1n) is 7.82. The van der Waals surface area contributed by atoms with Crippen molar-refractivity contribution in [3.63, 3.8) is 0 Å². The molecule has 0 saturated heterocycles. The first-order valence-corrected chi connectivity index (χ1v) is 7.82. The van der Waals surface area contributed by atoms with Crippen LogP contribution in [0.3, 0.4) is 0 Å². The van der Waals surface area contributed by atoms with E-state index in [1.54, 1.807) is 0 Å². The number of hydrogen-bond acceptors (Lipinski definition) is 2. The Kier molecular flexibility index (Phi) is 3.56. The molecule has 0 radical (unpaired) electrons. The van der Waals surface area contributed by atoms with Gasteiger partial charge in [0.1, 0.15) is 6.54 Å². The number of carbonyl (C=O) groups is 1. The summed E-state index contributed by atoms with van der Waals surface area (Å²) < 4.78 is 0. The van der Waals surface area contributed by atoms with Crippen LogP contribution in [0.15, 0.2) is 0 Å². The predicted octanol–water partition coefficient (Wildman–Crippen LogP) is -0.422. The van der Waals surface area contributed by atoms with Gasteiger partial charge >= 0.3 is 0 Å². The van der Waals surface area contributed by atoms with Gasteiger partial charge in [-0.1, -0.05) is 0 Å². The molecule has 1 amide bonds. The maximum Gasteiger partial charge on any atom is 0.275 e. The second-order valence-corrected chi connectivity index (χ2v) is 7.35. The zero-order valence-electron chi connectivity index (χ0n) is 12.0. The summed E-state index contributed by atoms with van der Waals surface area (Å²) in [6.07, 6.45) is 7.86. The minimum atomic E-state index is 0.130. The van der Waals surface area contributed by atoms with Gasteiger partial charge in [-0.05, 0) is 56.3 Å². The third-order valence-electron chi connectivity index (χ3n) is 5.44. The van der Waals surface area contributed by atoms with Crippen molar-refractivity contribution in [3.05, 3.63) is 0 Å². The zero-order chi connectivity index (χ0) is 13.5. The smallest absolute Gasteiger partial charge is 0.275 e. The summed E-state index contributed by atoms with van der Waals surface area (Å²) in [5.41, 5.74) is 0.130. The van der Waals surface area contributed by atoms with E-state index in [9.17, 15) is 4.79 Å². The molecule has 0 aliphatic heterocycles. The van der Waals surface area contributed by atoms with E-state index in [4.69, 9.17) is 5.11 Å². The van der Waals surface area contributed by atoms with E-state index in [0.29, 0.717) is 13.1 Å². The Morgan fingerprint density at radius 2 is 1.74 bits per heavy atom. The molecule has 4 bridgehead atoms. The first kappa shape index (κ1) is 13.4. The molecule has 4 heteroatoms. The third kappa shape index (κ3) is 2.79. The average molecular weight is 267 g/mol. The van der Waals surface area contributed by atoms with Gasteiger partial charge in [0.05, 0.1) is 13.7 Å². The van der Waals surface area contributed by atoms with Crippen molar-refractivity contribution in [3.8, 4) is 0 Å². The minimum absolute atomic E-state index is 0.130. The molecule has 1 atom stereocenters. The van der Waals surface area contributed by atoms with Gasteiger partial charge in [-0.3, -0.25) is 4.79 Å². The van der Waals surface area contributed by atoms with E-state index in [0.717, 1.165) is 22.7 Å². The van der Waals surface area contributed by atoms with E-state index in [2.05, 4.69) is 5.32 Å². The molecule has 4 nitrogen and oxygen atoms in total. The second kappa shape index (κ2) is 5.06. The molecular formula is C15H27N2O2+. The van der Waals surface area contributed by atoms with E-state index < -0.39 is 0 Å². The van der Waals surface area contributed by atoms with Crippen molar-refractivity contribution in [1.29, 1.82) is 0 Å². The van der Waals surface area contributed by atoms with Crippen molar-refractivity contribution in [2.24, 2.45) is 17.8 Å². The molecular weight excluding hydrogens is 240 g/mol. The van der Waals surface area contributed by atoms with Gasteiger partial charge in [0.2, 0.25) is 0 Å². The minimum Gasteiger partial charge on any atom is -0.391 e. The molecule has 0 aromatic carbocycles. The lowest BCUT2D eigenvalue weighted by atomic mass is 9.53. The van der Waals surface area contributed by atoms with Gasteiger partial charge in [0.25, 0.3) is 5.91 Å². The highest BCUT2D eigenvalue weighted by molar-refractivity contribution is 5.77. The second-order valence-electron chi connectivity index (χ2n) is 7.35. The van der Waals surface area contributed by atoms with E-state index in [1.165, 1.54) is 38.5 Å². The molecule has 0 aromatic heterocycles. The molecule has 1 unspecified atom stereocenters. The standard InChI is InChI=1S/C15H26N2O2/c1-17(2-3-18)10-14(19)16-15-7-11-4-12(8-15)6-13(5-11)9-15/h11-13,18H,2-10H2,1H3,(H,16,19)/p+1. The SMILES string of the molecule is C[NH+](CCO)CC(=O)NC12CC3CC(CC(C3)C1)C2. The maximum absolute atomic E-state index is 12.2. The fourth-order valence-corrected chi connectivity index (χ4v) is 5.16. The van der Waals surface area contributed by atoms with E-state index >= 15 is 0 Å². The van der Waals surface area contributed by atoms with Gasteiger partial charge in [-0.2, -0.15) is 0 Å². The molecule has 19 heavy (non-hydrogen) atoms. The topological polar surface area (TPSA) is 53.8 Å². The third-order valence-corrected chi connectivity index (χ3v) is 5.44. The highest BCUT2D eigenvalue weighted by Crippen LogP contribution is 2.55. The number of nitrogens with one attached hydrogen (secondary N) is 2. The van der Waals surface area contributed by atoms with Crippen molar-refractivity contribution in [2.45, 2.75) is 44.1 Å². The summed E-state index contributed by atoms with van der Waals surface area (Å²) in [6, 6.07) is 0. The summed E-state index contributed by atoms with van der Waals surface area (Å²) >= 11 is 0. The van der Waals surface area contributed by atoms with Crippen LogP contribution in [0.4, 0.5) is 0 Å². The quantitative estimate of drug-likeness (QED) is 0.634. The predicted molar refractivity (Wildman–Crippen MR) is 72.8 cm³/mol. The van der Waals surface area contributed by atoms with Crippen LogP contribution in [-0.4, -0.2) is 43.3 Å². The lowest BCUT2D eigenvalue weighted by Crippen LogP contribution is -3.10. The van der Waals surface area contributed by atoms with Crippen LogP contribution < -0.4 is 10.2 Å². The molecule has 4 rings (SSSR count). The highest BCUT2D eigenvalue weighted by Gasteiger charge is 2.51. The van der Waals surface area contributed by atoms with Gasteiger partial charge in [-0.25, -0.2) is 0 Å². The number of likely N-dealkylation sites (N-methyl/N-ethyl adjacent to an activating group) is 1. The number of rotatable bonds is 5. The lowest BCUT2D eigenvalue weighted by molar-refractivity contribution is -0.871. The number of aliphatic hydroxyl groups is 1. The molecule has 0 heterocycles. The molecule has 4 fully saturated rings. The average Bonchev–Trinajstić information content (AvgIpc) is 2.25. The van der Waals surface area contributed by atoms with Crippen LogP contribution in [0, 0.1) is 17.8 Å². The zero-order valence-corrected chi connectivity index (χ0v) is 12.0. The Morgan fingerprint density at radius 3 is 2.21 bits per heavy atom. The molecule has 108 valence electrons. The number of aliphatic hydroxyl groups excluding tert-OH is 1. The summed E-state index contributed by atoms with van der Waals surface area (Å²) in [6.45, 7) is 1.28. The maximum atomic E-state index is 12.2. The molecule has 4 saturated carbocycles. The number of carbonyl (C=O) groups excluding carboxylic acids is 1. The summed E-state index contributed by atoms with van der Waals surface area (Å²) in [5.74, 6) is 2.78. The molecule has 4 aliphatic rings. The Bertz CT molecular complexity index is 321. The van der Waals surface area contributed by atoms with Crippen LogP contribution in [0.25, 0.3) is 0 Å². The van der Waals surface area contributed by atoms with Crippen LogP contribution in [0.1, 0.15) is 38.5 Å². The largest absolute Gasteiger partial charge is 0.391 e. The van der Waals surface area contributed by atoms with Gasteiger partial charge < -0.3 is 15.3 Å². The fraction of sp³-hybridized carbons (Fsp3) is 0.933. The van der Waals surface area contributed by atoms with Gasteiger partial charge in [0.15, 0.2) is 6.54 Å². The number of hydrogen-bond donors (Lipinski definition) is 3. The van der Waals surface area contributed by atoms with Crippen LogP contribution in [-0.2, 0) is 4.79 Å². The normalized spacial score (nSPS) is 41.3. The van der Waals surface area contributed by atoms with Crippen molar-refractivity contribution >= 4 is 5.91 Å². The lowest BCUT2D eigenvalue weighted by Gasteiger charge is -2.56. The number of quaternary nitrogens is 1.